The van der Waals surface area contributed by atoms with Crippen LogP contribution in [0.3, 0.4) is 0 Å². The number of amides is 3. The van der Waals surface area contributed by atoms with Crippen LogP contribution in [0.25, 0.3) is 0 Å². The van der Waals surface area contributed by atoms with Gasteiger partial charge < -0.3 is 26.0 Å². The minimum absolute atomic E-state index is 0.131. The number of esters is 1. The molecule has 0 bridgehead atoms. The first-order chi connectivity index (χ1) is 19.9. The van der Waals surface area contributed by atoms with Gasteiger partial charge in [0, 0.05) is 29.3 Å². The molecule has 0 saturated heterocycles. The molecule has 0 aliphatic rings. The van der Waals surface area contributed by atoms with Crippen molar-refractivity contribution in [1.29, 1.82) is 0 Å². The summed E-state index contributed by atoms with van der Waals surface area (Å²) in [6.45, 7) is 4.57. The number of para-hydroxylation sites is 1. The molecule has 4 N–H and O–H groups in total. The first kappa shape index (κ1) is 28.9. The summed E-state index contributed by atoms with van der Waals surface area (Å²) in [6, 6.07) is 30.9. The smallest absolute Gasteiger partial charge is 0.338 e. The van der Waals surface area contributed by atoms with Gasteiger partial charge in [-0.25, -0.2) is 9.59 Å². The van der Waals surface area contributed by atoms with Crippen LogP contribution in [0.5, 0.6) is 0 Å². The van der Waals surface area contributed by atoms with Crippen molar-refractivity contribution in [3.63, 3.8) is 0 Å². The number of carbonyl (C=O) groups is 3. The summed E-state index contributed by atoms with van der Waals surface area (Å²) in [6.07, 6.45) is 0.550. The molecule has 0 fully saturated rings. The van der Waals surface area contributed by atoms with Gasteiger partial charge in [0.2, 0.25) is 5.91 Å². The largest absolute Gasteiger partial charge is 0.462 e. The summed E-state index contributed by atoms with van der Waals surface area (Å²) in [5.41, 5.74) is 5.19. The highest BCUT2D eigenvalue weighted by Gasteiger charge is 2.20. The third kappa shape index (κ3) is 8.44. The average Bonchev–Trinajstić information content (AvgIpc) is 2.98. The van der Waals surface area contributed by atoms with Gasteiger partial charge in [0.1, 0.15) is 0 Å². The lowest BCUT2D eigenvalue weighted by molar-refractivity contribution is -0.117. The molecule has 8 heteroatoms. The lowest BCUT2D eigenvalue weighted by atomic mass is 9.94. The van der Waals surface area contributed by atoms with Crippen LogP contribution in [0.1, 0.15) is 40.7 Å². The van der Waals surface area contributed by atoms with Crippen molar-refractivity contribution in [3.8, 4) is 0 Å². The van der Waals surface area contributed by atoms with Crippen LogP contribution in [-0.2, 0) is 9.53 Å². The monoisotopic (exact) mass is 550 g/mol. The van der Waals surface area contributed by atoms with Crippen LogP contribution in [0.4, 0.5) is 27.5 Å². The minimum atomic E-state index is -0.389. The van der Waals surface area contributed by atoms with E-state index in [-0.39, 0.29) is 23.8 Å². The zero-order valence-electron chi connectivity index (χ0n) is 23.1. The summed E-state index contributed by atoms with van der Waals surface area (Å²) in [7, 11) is 0. The summed E-state index contributed by atoms with van der Waals surface area (Å²) < 4.78 is 5.03. The SMILES string of the molecule is CCOC(=O)c1ccc(NCCC(C(=O)Nc2ccc(NC(=O)Nc3ccccc3C)cc2)c2ccccc2)cc1. The van der Waals surface area contributed by atoms with E-state index in [4.69, 9.17) is 4.74 Å². The van der Waals surface area contributed by atoms with Crippen LogP contribution >= 0.6 is 0 Å². The first-order valence-electron chi connectivity index (χ1n) is 13.5. The molecule has 0 heterocycles. The zero-order chi connectivity index (χ0) is 29.0. The van der Waals surface area contributed by atoms with Gasteiger partial charge in [0.15, 0.2) is 0 Å². The summed E-state index contributed by atoms with van der Waals surface area (Å²) in [4.78, 5) is 37.6. The van der Waals surface area contributed by atoms with Gasteiger partial charge in [-0.3, -0.25) is 4.79 Å². The van der Waals surface area contributed by atoms with E-state index in [9.17, 15) is 14.4 Å². The predicted molar refractivity (Wildman–Crippen MR) is 164 cm³/mol. The number of benzene rings is 4. The molecule has 3 amide bonds. The Bertz CT molecular complexity index is 1460. The number of nitrogens with one attached hydrogen (secondary N) is 4. The maximum absolute atomic E-state index is 13.4. The molecule has 210 valence electrons. The molecule has 0 aliphatic carbocycles. The first-order valence-corrected chi connectivity index (χ1v) is 13.5. The third-order valence-electron chi connectivity index (χ3n) is 6.48. The van der Waals surface area contributed by atoms with Crippen LogP contribution < -0.4 is 21.3 Å². The number of anilines is 4. The van der Waals surface area contributed by atoms with E-state index in [1.54, 1.807) is 43.3 Å². The molecule has 4 aromatic rings. The Hall–Kier alpha value is -5.11. The van der Waals surface area contributed by atoms with E-state index in [0.717, 1.165) is 22.5 Å². The number of rotatable bonds is 11. The molecule has 0 saturated carbocycles. The molecule has 1 atom stereocenters. The number of ether oxygens (including phenoxy) is 1. The molecule has 0 spiro atoms. The highest BCUT2D eigenvalue weighted by molar-refractivity contribution is 6.00. The van der Waals surface area contributed by atoms with Gasteiger partial charge in [0.05, 0.1) is 18.1 Å². The molecule has 41 heavy (non-hydrogen) atoms. The van der Waals surface area contributed by atoms with E-state index >= 15 is 0 Å². The maximum Gasteiger partial charge on any atom is 0.338 e. The molecule has 4 rings (SSSR count). The summed E-state index contributed by atoms with van der Waals surface area (Å²) in [5.74, 6) is -0.872. The molecular formula is C33H34N4O4. The van der Waals surface area contributed by atoms with Crippen molar-refractivity contribution in [2.24, 2.45) is 0 Å². The molecule has 4 aromatic carbocycles. The van der Waals surface area contributed by atoms with Crippen LogP contribution in [0.15, 0.2) is 103 Å². The Kier molecular flexibility index (Phi) is 10.1. The number of carbonyl (C=O) groups excluding carboxylic acids is 3. The second-order valence-electron chi connectivity index (χ2n) is 9.44. The average molecular weight is 551 g/mol. The van der Waals surface area contributed by atoms with E-state index < -0.39 is 0 Å². The quantitative estimate of drug-likeness (QED) is 0.150. The van der Waals surface area contributed by atoms with Gasteiger partial charge in [-0.1, -0.05) is 48.5 Å². The van der Waals surface area contributed by atoms with Gasteiger partial charge in [-0.05, 0) is 86.0 Å². The fourth-order valence-corrected chi connectivity index (χ4v) is 4.30. The lowest BCUT2D eigenvalue weighted by Crippen LogP contribution is -2.23. The molecule has 0 aromatic heterocycles. The molecule has 8 nitrogen and oxygen atoms in total. The standard InChI is InChI=1S/C33H34N4O4/c1-3-41-32(39)25-13-15-26(16-14-25)34-22-21-29(24-10-5-4-6-11-24)31(38)35-27-17-19-28(20-18-27)36-33(40)37-30-12-8-7-9-23(30)2/h4-20,29,34H,3,21-22H2,1-2H3,(H,35,38)(H2,36,37,40). The van der Waals surface area contributed by atoms with Gasteiger partial charge in [-0.15, -0.1) is 0 Å². The second-order valence-corrected chi connectivity index (χ2v) is 9.44. The topological polar surface area (TPSA) is 109 Å². The van der Waals surface area contributed by atoms with Gasteiger partial charge in [-0.2, -0.15) is 0 Å². The van der Waals surface area contributed by atoms with E-state index in [2.05, 4.69) is 21.3 Å². The van der Waals surface area contributed by atoms with Crippen molar-refractivity contribution >= 4 is 40.7 Å². The Labute approximate surface area is 240 Å². The lowest BCUT2D eigenvalue weighted by Gasteiger charge is -2.18. The van der Waals surface area contributed by atoms with Gasteiger partial charge in [0.25, 0.3) is 0 Å². The fraction of sp³-hybridized carbons (Fsp3) is 0.182. The zero-order valence-corrected chi connectivity index (χ0v) is 23.1. The Morgan fingerprint density at radius 3 is 1.98 bits per heavy atom. The summed E-state index contributed by atoms with van der Waals surface area (Å²) in [5, 5.41) is 12.0. The third-order valence-corrected chi connectivity index (χ3v) is 6.48. The Balaban J connectivity index is 1.34. The normalized spacial score (nSPS) is 11.2. The van der Waals surface area contributed by atoms with Crippen molar-refractivity contribution in [1.82, 2.24) is 0 Å². The van der Waals surface area contributed by atoms with Crippen molar-refractivity contribution in [2.45, 2.75) is 26.2 Å². The minimum Gasteiger partial charge on any atom is -0.462 e. The van der Waals surface area contributed by atoms with E-state index in [1.165, 1.54) is 0 Å². The fourth-order valence-electron chi connectivity index (χ4n) is 4.30. The van der Waals surface area contributed by atoms with E-state index in [0.29, 0.717) is 36.5 Å². The number of urea groups is 1. The van der Waals surface area contributed by atoms with Crippen LogP contribution in [-0.4, -0.2) is 31.1 Å². The van der Waals surface area contributed by atoms with Gasteiger partial charge >= 0.3 is 12.0 Å². The van der Waals surface area contributed by atoms with E-state index in [1.807, 2.05) is 73.7 Å². The van der Waals surface area contributed by atoms with Crippen molar-refractivity contribution < 1.29 is 19.1 Å². The number of hydrogen-bond donors (Lipinski definition) is 4. The summed E-state index contributed by atoms with van der Waals surface area (Å²) >= 11 is 0. The second kappa shape index (κ2) is 14.3. The maximum atomic E-state index is 13.4. The van der Waals surface area contributed by atoms with Crippen molar-refractivity contribution in [2.75, 3.05) is 34.4 Å². The number of hydrogen-bond acceptors (Lipinski definition) is 5. The van der Waals surface area contributed by atoms with Crippen LogP contribution in [0.2, 0.25) is 0 Å². The highest BCUT2D eigenvalue weighted by Crippen LogP contribution is 2.24. The highest BCUT2D eigenvalue weighted by atomic mass is 16.5. The number of aryl methyl sites for hydroxylation is 1. The molecule has 1 unspecified atom stereocenters. The van der Waals surface area contributed by atoms with Crippen molar-refractivity contribution in [3.05, 3.63) is 120 Å². The van der Waals surface area contributed by atoms with Crippen LogP contribution in [0, 0.1) is 6.92 Å². The Morgan fingerprint density at radius 2 is 1.32 bits per heavy atom. The predicted octanol–water partition coefficient (Wildman–Crippen LogP) is 7.04. The molecule has 0 radical (unpaired) electrons. The molecule has 0 aliphatic heterocycles. The molecular weight excluding hydrogens is 516 g/mol. The Morgan fingerprint density at radius 1 is 0.707 bits per heavy atom.